The lowest BCUT2D eigenvalue weighted by atomic mass is 9.74. The van der Waals surface area contributed by atoms with Crippen molar-refractivity contribution in [3.63, 3.8) is 0 Å². The van der Waals surface area contributed by atoms with Crippen LogP contribution in [0.5, 0.6) is 5.75 Å². The van der Waals surface area contributed by atoms with E-state index in [9.17, 15) is 5.11 Å². The van der Waals surface area contributed by atoms with Crippen LogP contribution < -0.4 is 4.74 Å². The van der Waals surface area contributed by atoms with Crippen molar-refractivity contribution >= 4 is 0 Å². The first-order valence-corrected chi connectivity index (χ1v) is 11.4. The van der Waals surface area contributed by atoms with E-state index in [0.29, 0.717) is 5.92 Å². The summed E-state index contributed by atoms with van der Waals surface area (Å²) in [6.45, 7) is 2.87. The average Bonchev–Trinajstić information content (AvgIpc) is 3.33. The zero-order valence-electron chi connectivity index (χ0n) is 18.1. The third-order valence-corrected chi connectivity index (χ3v) is 8.06. The van der Waals surface area contributed by atoms with Crippen LogP contribution in [-0.4, -0.2) is 36.8 Å². The number of ether oxygens (including phenoxy) is 1. The summed E-state index contributed by atoms with van der Waals surface area (Å²) in [6.07, 6.45) is 2.72. The molecule has 1 heterocycles. The van der Waals surface area contributed by atoms with E-state index >= 15 is 0 Å². The van der Waals surface area contributed by atoms with Gasteiger partial charge in [0.15, 0.2) is 0 Å². The molecular formula is C28H29NO2. The second-order valence-electron chi connectivity index (χ2n) is 9.55. The SMILES string of the molecule is COc1ccc(C2(O)CCN(CC34CC(c5ccccc53)c3ccccc34)CC2)cc1. The van der Waals surface area contributed by atoms with Crippen LogP contribution in [0.2, 0.25) is 0 Å². The number of nitrogens with zero attached hydrogens (tertiary/aromatic N) is 1. The van der Waals surface area contributed by atoms with Crippen LogP contribution in [0.3, 0.4) is 0 Å². The largest absolute Gasteiger partial charge is 0.497 e. The van der Waals surface area contributed by atoms with Gasteiger partial charge >= 0.3 is 0 Å². The highest BCUT2D eigenvalue weighted by atomic mass is 16.5. The Bertz CT molecular complexity index is 1060. The minimum absolute atomic E-state index is 0.0907. The van der Waals surface area contributed by atoms with E-state index in [0.717, 1.165) is 43.8 Å². The maximum Gasteiger partial charge on any atom is 0.118 e. The summed E-state index contributed by atoms with van der Waals surface area (Å²) < 4.78 is 5.28. The third kappa shape index (κ3) is 2.80. The molecule has 3 aromatic rings. The van der Waals surface area contributed by atoms with Gasteiger partial charge in [0.25, 0.3) is 0 Å². The van der Waals surface area contributed by atoms with E-state index in [4.69, 9.17) is 4.74 Å². The molecule has 0 amide bonds. The Hall–Kier alpha value is -2.62. The van der Waals surface area contributed by atoms with Crippen LogP contribution in [0, 0.1) is 0 Å². The fraction of sp³-hybridized carbons (Fsp3) is 0.357. The van der Waals surface area contributed by atoms with Gasteiger partial charge in [0, 0.05) is 31.0 Å². The lowest BCUT2D eigenvalue weighted by molar-refractivity contribution is -0.0289. The summed E-state index contributed by atoms with van der Waals surface area (Å²) in [5, 5.41) is 11.4. The minimum Gasteiger partial charge on any atom is -0.497 e. The van der Waals surface area contributed by atoms with Crippen molar-refractivity contribution < 1.29 is 9.84 Å². The molecule has 0 unspecified atom stereocenters. The zero-order chi connectivity index (χ0) is 21.1. The standard InChI is InChI=1S/C28H29NO2/c1-31-21-12-10-20(11-13-21)28(30)14-16-29(17-15-28)19-27-18-24(22-6-2-4-8-25(22)27)23-7-3-5-9-26(23)27/h2-13,24,30H,14-19H2,1H3. The van der Waals surface area contributed by atoms with Crippen LogP contribution in [0.15, 0.2) is 72.8 Å². The first-order valence-electron chi connectivity index (χ1n) is 11.4. The molecular weight excluding hydrogens is 382 g/mol. The number of likely N-dealkylation sites (tertiary alicyclic amines) is 1. The number of aliphatic hydroxyl groups is 1. The quantitative estimate of drug-likeness (QED) is 0.669. The first-order chi connectivity index (χ1) is 15.1. The normalized spacial score (nSPS) is 25.8. The van der Waals surface area contributed by atoms with Crippen LogP contribution in [0.25, 0.3) is 0 Å². The number of hydrogen-bond acceptors (Lipinski definition) is 3. The van der Waals surface area contributed by atoms with Crippen molar-refractivity contribution in [2.24, 2.45) is 0 Å². The highest BCUT2D eigenvalue weighted by Crippen LogP contribution is 2.60. The fourth-order valence-corrected chi connectivity index (χ4v) is 6.46. The van der Waals surface area contributed by atoms with Crippen LogP contribution in [-0.2, 0) is 11.0 Å². The summed E-state index contributed by atoms with van der Waals surface area (Å²) >= 11 is 0. The van der Waals surface area contributed by atoms with Gasteiger partial charge in [0.1, 0.15) is 5.75 Å². The van der Waals surface area contributed by atoms with Crippen LogP contribution in [0.4, 0.5) is 0 Å². The van der Waals surface area contributed by atoms with Crippen molar-refractivity contribution in [2.45, 2.75) is 36.2 Å². The number of benzene rings is 3. The van der Waals surface area contributed by atoms with Gasteiger partial charge in [-0.25, -0.2) is 0 Å². The summed E-state index contributed by atoms with van der Waals surface area (Å²) in [7, 11) is 1.68. The van der Waals surface area contributed by atoms with Crippen molar-refractivity contribution in [1.82, 2.24) is 4.90 Å². The molecule has 31 heavy (non-hydrogen) atoms. The predicted molar refractivity (Wildman–Crippen MR) is 123 cm³/mol. The van der Waals surface area contributed by atoms with Crippen molar-refractivity contribution in [2.75, 3.05) is 26.7 Å². The molecule has 0 aromatic heterocycles. The van der Waals surface area contributed by atoms with Gasteiger partial charge in [-0.15, -0.1) is 0 Å². The highest BCUT2D eigenvalue weighted by molar-refractivity contribution is 5.62. The molecule has 1 N–H and O–H groups in total. The third-order valence-electron chi connectivity index (χ3n) is 8.06. The zero-order valence-corrected chi connectivity index (χ0v) is 18.1. The van der Waals surface area contributed by atoms with Gasteiger partial charge in [0.05, 0.1) is 12.7 Å². The summed E-state index contributed by atoms with van der Waals surface area (Å²) in [5.41, 5.74) is 6.44. The van der Waals surface area contributed by atoms with E-state index in [1.165, 1.54) is 28.7 Å². The highest BCUT2D eigenvalue weighted by Gasteiger charge is 2.53. The van der Waals surface area contributed by atoms with Crippen LogP contribution >= 0.6 is 0 Å². The van der Waals surface area contributed by atoms with Crippen LogP contribution in [0.1, 0.15) is 53.0 Å². The fourth-order valence-electron chi connectivity index (χ4n) is 6.46. The molecule has 1 aliphatic heterocycles. The Kier molecular flexibility index (Phi) is 4.28. The molecule has 1 fully saturated rings. The Morgan fingerprint density at radius 1 is 0.871 bits per heavy atom. The molecule has 3 heteroatoms. The van der Waals surface area contributed by atoms with Gasteiger partial charge in [-0.2, -0.15) is 0 Å². The van der Waals surface area contributed by atoms with Gasteiger partial charge in [-0.3, -0.25) is 0 Å². The number of rotatable bonds is 4. The van der Waals surface area contributed by atoms with Crippen molar-refractivity contribution in [3.05, 3.63) is 101 Å². The molecule has 158 valence electrons. The topological polar surface area (TPSA) is 32.7 Å². The van der Waals surface area contributed by atoms with Crippen molar-refractivity contribution in [3.8, 4) is 5.75 Å². The number of fused-ring (bicyclic) bond motifs is 8. The van der Waals surface area contributed by atoms with E-state index in [1.807, 2.05) is 24.3 Å². The first kappa shape index (κ1) is 19.1. The predicted octanol–water partition coefficient (Wildman–Crippen LogP) is 4.81. The molecule has 0 radical (unpaired) electrons. The molecule has 0 spiro atoms. The molecule has 0 atom stereocenters. The summed E-state index contributed by atoms with van der Waals surface area (Å²) in [4.78, 5) is 2.58. The number of methoxy groups -OCH3 is 1. The maximum absolute atomic E-state index is 11.4. The van der Waals surface area contributed by atoms with E-state index in [2.05, 4.69) is 53.4 Å². The van der Waals surface area contributed by atoms with E-state index in [1.54, 1.807) is 7.11 Å². The summed E-state index contributed by atoms with van der Waals surface area (Å²) in [5.74, 6) is 1.37. The Balaban J connectivity index is 1.26. The lowest BCUT2D eigenvalue weighted by Crippen LogP contribution is -2.47. The van der Waals surface area contributed by atoms with Gasteiger partial charge in [-0.05, 0) is 59.2 Å². The number of piperidine rings is 1. The Labute approximate surface area is 184 Å². The van der Waals surface area contributed by atoms with E-state index < -0.39 is 5.60 Å². The van der Waals surface area contributed by atoms with Crippen molar-refractivity contribution in [1.29, 1.82) is 0 Å². The number of hydrogen-bond donors (Lipinski definition) is 1. The molecule has 2 aliphatic carbocycles. The molecule has 3 aromatic carbocycles. The smallest absolute Gasteiger partial charge is 0.118 e. The van der Waals surface area contributed by atoms with Gasteiger partial charge in [0.2, 0.25) is 0 Å². The molecule has 3 nitrogen and oxygen atoms in total. The second-order valence-corrected chi connectivity index (χ2v) is 9.55. The maximum atomic E-state index is 11.4. The van der Waals surface area contributed by atoms with Gasteiger partial charge < -0.3 is 14.7 Å². The van der Waals surface area contributed by atoms with E-state index in [-0.39, 0.29) is 5.41 Å². The molecule has 0 saturated carbocycles. The lowest BCUT2D eigenvalue weighted by Gasteiger charge is -2.43. The average molecular weight is 412 g/mol. The summed E-state index contributed by atoms with van der Waals surface area (Å²) in [6, 6.07) is 26.0. The Morgan fingerprint density at radius 3 is 2.03 bits per heavy atom. The Morgan fingerprint density at radius 2 is 1.45 bits per heavy atom. The monoisotopic (exact) mass is 411 g/mol. The molecule has 1 saturated heterocycles. The molecule has 3 aliphatic rings. The minimum atomic E-state index is -0.746. The molecule has 6 rings (SSSR count). The molecule has 2 bridgehead atoms. The van der Waals surface area contributed by atoms with Gasteiger partial charge in [-0.1, -0.05) is 60.7 Å². The second kappa shape index (κ2) is 6.94.